The molecule has 0 fully saturated rings. The van der Waals surface area contributed by atoms with Gasteiger partial charge in [-0.2, -0.15) is 5.26 Å². The van der Waals surface area contributed by atoms with E-state index in [9.17, 15) is 0 Å². The highest BCUT2D eigenvalue weighted by molar-refractivity contribution is 5.56. The maximum atomic E-state index is 8.70. The third-order valence-electron chi connectivity index (χ3n) is 2.06. The highest BCUT2D eigenvalue weighted by Gasteiger charge is 2.01. The van der Waals surface area contributed by atoms with Crippen LogP contribution in [0.4, 0.5) is 11.6 Å². The lowest BCUT2D eigenvalue weighted by Gasteiger charge is -2.06. The molecule has 0 bridgehead atoms. The first-order valence-electron chi connectivity index (χ1n) is 4.70. The Labute approximate surface area is 92.8 Å². The highest BCUT2D eigenvalue weighted by atomic mass is 15.1. The number of hydrogen-bond donors (Lipinski definition) is 1. The maximum Gasteiger partial charge on any atom is 0.228 e. The topological polar surface area (TPSA) is 74.5 Å². The van der Waals surface area contributed by atoms with Crippen LogP contribution in [0.1, 0.15) is 11.3 Å². The van der Waals surface area contributed by atoms with Crippen molar-refractivity contribution in [3.63, 3.8) is 0 Å². The summed E-state index contributed by atoms with van der Waals surface area (Å²) in [5.41, 5.74) is 2.21. The molecule has 78 valence electrons. The SMILES string of the molecule is Cc1ccncc1Nc1nccc(C#N)n1. The molecule has 2 heterocycles. The van der Waals surface area contributed by atoms with Crippen molar-refractivity contribution >= 4 is 11.6 Å². The van der Waals surface area contributed by atoms with Crippen LogP contribution >= 0.6 is 0 Å². The van der Waals surface area contributed by atoms with E-state index in [2.05, 4.69) is 20.3 Å². The van der Waals surface area contributed by atoms with Gasteiger partial charge in [0.1, 0.15) is 11.8 Å². The van der Waals surface area contributed by atoms with Gasteiger partial charge in [0.05, 0.1) is 11.9 Å². The Bertz CT molecular complexity index is 544. The van der Waals surface area contributed by atoms with Crippen molar-refractivity contribution in [2.45, 2.75) is 6.92 Å². The van der Waals surface area contributed by atoms with Crippen LogP contribution in [0.2, 0.25) is 0 Å². The molecule has 1 N–H and O–H groups in total. The highest BCUT2D eigenvalue weighted by Crippen LogP contribution is 2.15. The van der Waals surface area contributed by atoms with Crippen LogP contribution in [0.5, 0.6) is 0 Å². The second kappa shape index (κ2) is 4.36. The van der Waals surface area contributed by atoms with Gasteiger partial charge in [-0.3, -0.25) is 4.98 Å². The van der Waals surface area contributed by atoms with Crippen molar-refractivity contribution < 1.29 is 0 Å². The maximum absolute atomic E-state index is 8.70. The fourth-order valence-corrected chi connectivity index (χ4v) is 1.20. The van der Waals surface area contributed by atoms with Gasteiger partial charge < -0.3 is 5.32 Å². The summed E-state index contributed by atoms with van der Waals surface area (Å²) in [6, 6.07) is 5.40. The van der Waals surface area contributed by atoms with Gasteiger partial charge in [0.2, 0.25) is 5.95 Å². The molecule has 2 rings (SSSR count). The van der Waals surface area contributed by atoms with Crippen molar-refractivity contribution in [3.8, 4) is 6.07 Å². The number of anilines is 2. The zero-order valence-corrected chi connectivity index (χ0v) is 8.68. The van der Waals surface area contributed by atoms with E-state index in [0.29, 0.717) is 11.6 Å². The van der Waals surface area contributed by atoms with Crippen molar-refractivity contribution in [1.82, 2.24) is 15.0 Å². The second-order valence-corrected chi connectivity index (χ2v) is 3.19. The quantitative estimate of drug-likeness (QED) is 0.819. The smallest absolute Gasteiger partial charge is 0.228 e. The zero-order chi connectivity index (χ0) is 11.4. The monoisotopic (exact) mass is 211 g/mol. The molecule has 0 aromatic carbocycles. The van der Waals surface area contributed by atoms with Crippen LogP contribution < -0.4 is 5.32 Å². The largest absolute Gasteiger partial charge is 0.323 e. The van der Waals surface area contributed by atoms with Crippen LogP contribution in [0.25, 0.3) is 0 Å². The van der Waals surface area contributed by atoms with Crippen LogP contribution in [-0.2, 0) is 0 Å². The first kappa shape index (κ1) is 10.1. The molecule has 5 nitrogen and oxygen atoms in total. The van der Waals surface area contributed by atoms with Crippen LogP contribution in [-0.4, -0.2) is 15.0 Å². The Kier molecular flexibility index (Phi) is 2.74. The predicted molar refractivity (Wildman–Crippen MR) is 59.0 cm³/mol. The number of hydrogen-bond acceptors (Lipinski definition) is 5. The number of pyridine rings is 1. The standard InChI is InChI=1S/C11H9N5/c1-8-2-4-13-7-10(8)16-11-14-5-3-9(6-12)15-11/h2-5,7H,1H3,(H,14,15,16). The predicted octanol–water partition coefficient (Wildman–Crippen LogP) is 1.80. The third-order valence-corrected chi connectivity index (χ3v) is 2.06. The molecule has 0 saturated carbocycles. The second-order valence-electron chi connectivity index (χ2n) is 3.19. The molecule has 0 aliphatic rings. The van der Waals surface area contributed by atoms with Crippen molar-refractivity contribution in [3.05, 3.63) is 42.0 Å². The van der Waals surface area contributed by atoms with E-state index < -0.39 is 0 Å². The summed E-state index contributed by atoms with van der Waals surface area (Å²) < 4.78 is 0. The molecule has 0 radical (unpaired) electrons. The minimum Gasteiger partial charge on any atom is -0.323 e. The number of nitrogens with zero attached hydrogens (tertiary/aromatic N) is 4. The first-order valence-corrected chi connectivity index (χ1v) is 4.70. The Morgan fingerprint density at radius 1 is 1.31 bits per heavy atom. The summed E-state index contributed by atoms with van der Waals surface area (Å²) in [7, 11) is 0. The summed E-state index contributed by atoms with van der Waals surface area (Å²) in [6.45, 7) is 1.96. The zero-order valence-electron chi connectivity index (χ0n) is 8.68. The summed E-state index contributed by atoms with van der Waals surface area (Å²) in [5, 5.41) is 11.7. The summed E-state index contributed by atoms with van der Waals surface area (Å²) >= 11 is 0. The van der Waals surface area contributed by atoms with E-state index in [0.717, 1.165) is 11.3 Å². The summed E-state index contributed by atoms with van der Waals surface area (Å²) in [5.74, 6) is 0.398. The van der Waals surface area contributed by atoms with E-state index in [-0.39, 0.29) is 0 Å². The lowest BCUT2D eigenvalue weighted by molar-refractivity contribution is 1.13. The van der Waals surface area contributed by atoms with Crippen molar-refractivity contribution in [2.75, 3.05) is 5.32 Å². The van der Waals surface area contributed by atoms with Gasteiger partial charge in [0.25, 0.3) is 0 Å². The molecule has 2 aromatic heterocycles. The number of rotatable bonds is 2. The van der Waals surface area contributed by atoms with Crippen LogP contribution in [0.3, 0.4) is 0 Å². The lowest BCUT2D eigenvalue weighted by atomic mass is 10.2. The molecule has 2 aromatic rings. The van der Waals surface area contributed by atoms with Gasteiger partial charge >= 0.3 is 0 Å². The minimum absolute atomic E-state index is 0.332. The fourth-order valence-electron chi connectivity index (χ4n) is 1.20. The van der Waals surface area contributed by atoms with Gasteiger partial charge in [0.15, 0.2) is 0 Å². The van der Waals surface area contributed by atoms with E-state index >= 15 is 0 Å². The number of aryl methyl sites for hydroxylation is 1. The summed E-state index contributed by atoms with van der Waals surface area (Å²) in [6.07, 6.45) is 4.95. The van der Waals surface area contributed by atoms with Gasteiger partial charge in [-0.1, -0.05) is 0 Å². The number of nitrogens with one attached hydrogen (secondary N) is 1. The molecule has 0 aliphatic heterocycles. The number of nitriles is 1. The van der Waals surface area contributed by atoms with Crippen LogP contribution in [0.15, 0.2) is 30.7 Å². The van der Waals surface area contributed by atoms with Gasteiger partial charge in [-0.15, -0.1) is 0 Å². The number of aromatic nitrogens is 3. The van der Waals surface area contributed by atoms with Gasteiger partial charge in [-0.25, -0.2) is 9.97 Å². The fraction of sp³-hybridized carbons (Fsp3) is 0.0909. The molecular formula is C11H9N5. The van der Waals surface area contributed by atoms with Crippen molar-refractivity contribution in [1.29, 1.82) is 5.26 Å². The minimum atomic E-state index is 0.332. The molecule has 0 spiro atoms. The normalized spacial score (nSPS) is 9.50. The first-order chi connectivity index (χ1) is 7.79. The Hall–Kier alpha value is -2.48. The Morgan fingerprint density at radius 2 is 2.19 bits per heavy atom. The molecule has 0 unspecified atom stereocenters. The molecule has 0 atom stereocenters. The average molecular weight is 211 g/mol. The van der Waals surface area contributed by atoms with E-state index in [4.69, 9.17) is 5.26 Å². The average Bonchev–Trinajstić information content (AvgIpc) is 2.32. The van der Waals surface area contributed by atoms with Gasteiger partial charge in [0, 0.05) is 12.4 Å². The third kappa shape index (κ3) is 2.12. The molecular weight excluding hydrogens is 202 g/mol. The van der Waals surface area contributed by atoms with Crippen LogP contribution in [0, 0.1) is 18.3 Å². The van der Waals surface area contributed by atoms with E-state index in [1.54, 1.807) is 24.7 Å². The lowest BCUT2D eigenvalue weighted by Crippen LogP contribution is -1.99. The molecule has 5 heteroatoms. The Morgan fingerprint density at radius 3 is 2.94 bits per heavy atom. The van der Waals surface area contributed by atoms with E-state index in [1.807, 2.05) is 19.1 Å². The van der Waals surface area contributed by atoms with Crippen molar-refractivity contribution in [2.24, 2.45) is 0 Å². The molecule has 0 amide bonds. The molecule has 0 aliphatic carbocycles. The summed E-state index contributed by atoms with van der Waals surface area (Å²) in [4.78, 5) is 12.0. The Balaban J connectivity index is 2.28. The van der Waals surface area contributed by atoms with E-state index in [1.165, 1.54) is 0 Å². The molecule has 0 saturated heterocycles. The molecule has 16 heavy (non-hydrogen) atoms. The van der Waals surface area contributed by atoms with Gasteiger partial charge in [-0.05, 0) is 24.6 Å².